The standard InChI is InChI=1S/C31H33N3O2/c1-2-27(22-11-5-3-6-12-22)34-31(35)29-25-15-9-10-16-28(25)33-30(23-13-7-4-8-14-23)26(29)21-36-24-17-19-32-20-18-24/h3-16,24,27,32H,2,17-21H2,1H3,(H,34,35)/t27-/m0/s1. The molecular weight excluding hydrogens is 446 g/mol. The lowest BCUT2D eigenvalue weighted by Crippen LogP contribution is -2.33. The summed E-state index contributed by atoms with van der Waals surface area (Å²) in [6.45, 7) is 4.35. The van der Waals surface area contributed by atoms with Crippen LogP contribution in [-0.2, 0) is 11.3 Å². The van der Waals surface area contributed by atoms with Crippen LogP contribution >= 0.6 is 0 Å². The number of carbonyl (C=O) groups is 1. The maximum Gasteiger partial charge on any atom is 0.252 e. The van der Waals surface area contributed by atoms with E-state index < -0.39 is 0 Å². The quantitative estimate of drug-likeness (QED) is 0.323. The summed E-state index contributed by atoms with van der Waals surface area (Å²) < 4.78 is 6.43. The number of aromatic nitrogens is 1. The van der Waals surface area contributed by atoms with Crippen LogP contribution in [0.5, 0.6) is 0 Å². The summed E-state index contributed by atoms with van der Waals surface area (Å²) in [4.78, 5) is 19.1. The first kappa shape index (κ1) is 24.2. The van der Waals surface area contributed by atoms with Gasteiger partial charge < -0.3 is 15.4 Å². The van der Waals surface area contributed by atoms with E-state index in [4.69, 9.17) is 9.72 Å². The van der Waals surface area contributed by atoms with Crippen LogP contribution in [-0.4, -0.2) is 30.1 Å². The number of pyridine rings is 1. The fourth-order valence-corrected chi connectivity index (χ4v) is 4.99. The zero-order valence-electron chi connectivity index (χ0n) is 20.7. The van der Waals surface area contributed by atoms with Crippen molar-refractivity contribution in [3.05, 3.63) is 102 Å². The van der Waals surface area contributed by atoms with E-state index in [1.165, 1.54) is 0 Å². The Morgan fingerprint density at radius 2 is 1.64 bits per heavy atom. The van der Waals surface area contributed by atoms with E-state index in [0.717, 1.165) is 65.6 Å². The molecule has 184 valence electrons. The van der Waals surface area contributed by atoms with Crippen LogP contribution in [0.2, 0.25) is 0 Å². The number of nitrogens with zero attached hydrogens (tertiary/aromatic N) is 1. The number of carbonyl (C=O) groups excluding carboxylic acids is 1. The van der Waals surface area contributed by atoms with Gasteiger partial charge in [0.15, 0.2) is 0 Å². The first-order chi connectivity index (χ1) is 17.7. The molecule has 1 aromatic heterocycles. The second-order valence-electron chi connectivity index (χ2n) is 9.30. The van der Waals surface area contributed by atoms with Crippen LogP contribution in [0.25, 0.3) is 22.2 Å². The molecule has 0 radical (unpaired) electrons. The molecule has 1 aliphatic rings. The number of amides is 1. The molecule has 2 N–H and O–H groups in total. The molecule has 0 unspecified atom stereocenters. The van der Waals surface area contributed by atoms with Gasteiger partial charge in [-0.05, 0) is 44.0 Å². The first-order valence-corrected chi connectivity index (χ1v) is 12.9. The molecule has 5 rings (SSSR count). The normalized spacial score (nSPS) is 15.0. The van der Waals surface area contributed by atoms with Crippen LogP contribution in [0, 0.1) is 0 Å². The summed E-state index contributed by atoms with van der Waals surface area (Å²) >= 11 is 0. The highest BCUT2D eigenvalue weighted by Gasteiger charge is 2.25. The van der Waals surface area contributed by atoms with Crippen molar-refractivity contribution in [3.63, 3.8) is 0 Å². The lowest BCUT2D eigenvalue weighted by atomic mass is 9.95. The van der Waals surface area contributed by atoms with Crippen molar-refractivity contribution in [2.45, 2.75) is 44.9 Å². The van der Waals surface area contributed by atoms with Gasteiger partial charge >= 0.3 is 0 Å². The van der Waals surface area contributed by atoms with Crippen LogP contribution in [0.3, 0.4) is 0 Å². The Labute approximate surface area is 212 Å². The molecule has 1 saturated heterocycles. The predicted molar refractivity (Wildman–Crippen MR) is 145 cm³/mol. The van der Waals surface area contributed by atoms with Gasteiger partial charge in [-0.2, -0.15) is 0 Å². The van der Waals surface area contributed by atoms with Crippen LogP contribution in [0.4, 0.5) is 0 Å². The van der Waals surface area contributed by atoms with Crippen molar-refractivity contribution in [2.75, 3.05) is 13.1 Å². The van der Waals surface area contributed by atoms with E-state index >= 15 is 0 Å². The van der Waals surface area contributed by atoms with Gasteiger partial charge in [0.05, 0.1) is 35.5 Å². The third kappa shape index (κ3) is 5.32. The maximum atomic E-state index is 14.1. The lowest BCUT2D eigenvalue weighted by molar-refractivity contribution is 0.0210. The molecule has 2 heterocycles. The van der Waals surface area contributed by atoms with E-state index in [1.807, 2.05) is 72.8 Å². The molecular formula is C31H33N3O2. The van der Waals surface area contributed by atoms with Crippen LogP contribution in [0.1, 0.15) is 53.7 Å². The largest absolute Gasteiger partial charge is 0.373 e. The fraction of sp³-hybridized carbons (Fsp3) is 0.290. The molecule has 1 atom stereocenters. The maximum absolute atomic E-state index is 14.1. The summed E-state index contributed by atoms with van der Waals surface area (Å²) in [5, 5.41) is 7.56. The van der Waals surface area contributed by atoms with E-state index in [2.05, 4.69) is 29.7 Å². The number of hydrogen-bond donors (Lipinski definition) is 2. The minimum atomic E-state index is -0.0922. The highest BCUT2D eigenvalue weighted by Crippen LogP contribution is 2.32. The smallest absolute Gasteiger partial charge is 0.252 e. The molecule has 0 bridgehead atoms. The minimum Gasteiger partial charge on any atom is -0.373 e. The van der Waals surface area contributed by atoms with E-state index in [0.29, 0.717) is 12.2 Å². The second-order valence-corrected chi connectivity index (χ2v) is 9.30. The number of piperidine rings is 1. The molecule has 1 aliphatic heterocycles. The summed E-state index contributed by atoms with van der Waals surface area (Å²) in [6, 6.07) is 28.1. The van der Waals surface area contributed by atoms with Crippen molar-refractivity contribution in [2.24, 2.45) is 0 Å². The van der Waals surface area contributed by atoms with Crippen molar-refractivity contribution >= 4 is 16.8 Å². The van der Waals surface area contributed by atoms with Gasteiger partial charge in [-0.15, -0.1) is 0 Å². The number of fused-ring (bicyclic) bond motifs is 1. The molecule has 0 saturated carbocycles. The molecule has 1 amide bonds. The summed E-state index contributed by atoms with van der Waals surface area (Å²) in [5.74, 6) is -0.0922. The summed E-state index contributed by atoms with van der Waals surface area (Å²) in [6.07, 6.45) is 2.90. The monoisotopic (exact) mass is 479 g/mol. The number of nitrogens with one attached hydrogen (secondary N) is 2. The Morgan fingerprint density at radius 3 is 2.36 bits per heavy atom. The van der Waals surface area contributed by atoms with Crippen molar-refractivity contribution in [3.8, 4) is 11.3 Å². The number of hydrogen-bond acceptors (Lipinski definition) is 4. The average molecular weight is 480 g/mol. The SMILES string of the molecule is CC[C@H](NC(=O)c1c(COC2CCNCC2)c(-c2ccccc2)nc2ccccc12)c1ccccc1. The molecule has 4 aromatic rings. The highest BCUT2D eigenvalue weighted by molar-refractivity contribution is 6.09. The van der Waals surface area contributed by atoms with Crippen LogP contribution in [0.15, 0.2) is 84.9 Å². The summed E-state index contributed by atoms with van der Waals surface area (Å²) in [7, 11) is 0. The molecule has 1 fully saturated rings. The third-order valence-electron chi connectivity index (χ3n) is 6.93. The predicted octanol–water partition coefficient (Wildman–Crippen LogP) is 6.05. The lowest BCUT2D eigenvalue weighted by Gasteiger charge is -2.25. The van der Waals surface area contributed by atoms with Crippen molar-refractivity contribution in [1.82, 2.24) is 15.6 Å². The first-order valence-electron chi connectivity index (χ1n) is 12.9. The number of benzene rings is 3. The molecule has 5 nitrogen and oxygen atoms in total. The number of rotatable bonds is 8. The van der Waals surface area contributed by atoms with Gasteiger partial charge in [-0.1, -0.05) is 85.8 Å². The highest BCUT2D eigenvalue weighted by atomic mass is 16.5. The Kier molecular flexibility index (Phi) is 7.70. The molecule has 36 heavy (non-hydrogen) atoms. The van der Waals surface area contributed by atoms with Gasteiger partial charge in [0, 0.05) is 16.5 Å². The minimum absolute atomic E-state index is 0.0796. The van der Waals surface area contributed by atoms with Crippen LogP contribution < -0.4 is 10.6 Å². The van der Waals surface area contributed by atoms with E-state index in [9.17, 15) is 4.79 Å². The van der Waals surface area contributed by atoms with Gasteiger partial charge in [-0.3, -0.25) is 4.79 Å². The number of para-hydroxylation sites is 1. The van der Waals surface area contributed by atoms with E-state index in [-0.39, 0.29) is 18.1 Å². The van der Waals surface area contributed by atoms with E-state index in [1.54, 1.807) is 0 Å². The molecule has 0 aliphatic carbocycles. The number of ether oxygens (including phenoxy) is 1. The third-order valence-corrected chi connectivity index (χ3v) is 6.93. The Balaban J connectivity index is 1.60. The zero-order valence-corrected chi connectivity index (χ0v) is 20.7. The molecule has 5 heteroatoms. The van der Waals surface area contributed by atoms with Gasteiger partial charge in [0.2, 0.25) is 0 Å². The Hall–Kier alpha value is -3.54. The Morgan fingerprint density at radius 1 is 0.972 bits per heavy atom. The molecule has 3 aromatic carbocycles. The van der Waals surface area contributed by atoms with Gasteiger partial charge in [-0.25, -0.2) is 4.98 Å². The fourth-order valence-electron chi connectivity index (χ4n) is 4.99. The van der Waals surface area contributed by atoms with Crippen molar-refractivity contribution < 1.29 is 9.53 Å². The topological polar surface area (TPSA) is 63.2 Å². The van der Waals surface area contributed by atoms with Gasteiger partial charge in [0.25, 0.3) is 5.91 Å². The zero-order chi connectivity index (χ0) is 24.7. The van der Waals surface area contributed by atoms with Gasteiger partial charge in [0.1, 0.15) is 0 Å². The average Bonchev–Trinajstić information content (AvgIpc) is 2.95. The van der Waals surface area contributed by atoms with Crippen molar-refractivity contribution in [1.29, 1.82) is 0 Å². The summed E-state index contributed by atoms with van der Waals surface area (Å²) in [5.41, 5.74) is 5.20. The Bertz CT molecular complexity index is 1300. The second kappa shape index (κ2) is 11.5. The molecule has 0 spiro atoms.